The molecule has 40 heavy (non-hydrogen) atoms. The Kier molecular flexibility index (Phi) is 7.31. The summed E-state index contributed by atoms with van der Waals surface area (Å²) in [7, 11) is 0. The smallest absolute Gasteiger partial charge is 0.310 e. The van der Waals surface area contributed by atoms with Crippen LogP contribution in [0.1, 0.15) is 62.2 Å². The fraction of sp³-hybridized carbons (Fsp3) is 0.387. The van der Waals surface area contributed by atoms with Crippen molar-refractivity contribution >= 4 is 28.6 Å². The number of hydrogen-bond acceptors (Lipinski definition) is 8. The Bertz CT molecular complexity index is 1620. The Morgan fingerprint density at radius 1 is 1.07 bits per heavy atom. The highest BCUT2D eigenvalue weighted by atomic mass is 16.6. The molecule has 208 valence electrons. The summed E-state index contributed by atoms with van der Waals surface area (Å²) >= 11 is 0. The third kappa shape index (κ3) is 5.68. The number of carbonyl (C=O) groups is 1. The number of rotatable bonds is 8. The van der Waals surface area contributed by atoms with Crippen molar-refractivity contribution in [2.24, 2.45) is 5.92 Å². The minimum atomic E-state index is -0.534. The maximum absolute atomic E-state index is 13.6. The number of nitrogens with two attached hydrogens (primary N) is 1. The van der Waals surface area contributed by atoms with Crippen LogP contribution in [0.4, 0.5) is 11.8 Å². The quantitative estimate of drug-likeness (QED) is 0.240. The van der Waals surface area contributed by atoms with Crippen LogP contribution in [0.2, 0.25) is 0 Å². The predicted octanol–water partition coefficient (Wildman–Crippen LogP) is 4.86. The second kappa shape index (κ2) is 10.7. The monoisotopic (exact) mass is 540 g/mol. The fourth-order valence-electron chi connectivity index (χ4n) is 5.24. The van der Waals surface area contributed by atoms with E-state index in [-0.39, 0.29) is 29.3 Å². The van der Waals surface area contributed by atoms with Gasteiger partial charge in [0.15, 0.2) is 0 Å². The molecule has 5 rings (SSSR count). The molecule has 0 radical (unpaired) electrons. The van der Waals surface area contributed by atoms with Crippen LogP contribution in [-0.2, 0) is 16.0 Å². The molecule has 0 aliphatic heterocycles. The molecule has 4 aromatic rings. The molecule has 0 spiro atoms. The van der Waals surface area contributed by atoms with Crippen molar-refractivity contribution < 1.29 is 9.53 Å². The van der Waals surface area contributed by atoms with Crippen molar-refractivity contribution in [1.29, 1.82) is 0 Å². The minimum absolute atomic E-state index is 0.00777. The number of benzene rings is 2. The number of aryl methyl sites for hydroxylation is 3. The van der Waals surface area contributed by atoms with Gasteiger partial charge in [0.1, 0.15) is 17.2 Å². The highest BCUT2D eigenvalue weighted by Gasteiger charge is 2.48. The van der Waals surface area contributed by atoms with Gasteiger partial charge in [-0.05, 0) is 71.2 Å². The van der Waals surface area contributed by atoms with Crippen molar-refractivity contribution in [3.63, 3.8) is 0 Å². The molecule has 0 bridgehead atoms. The maximum Gasteiger partial charge on any atom is 0.310 e. The lowest BCUT2D eigenvalue weighted by atomic mass is 10.1. The molecule has 2 aromatic heterocycles. The molecule has 2 heterocycles. The van der Waals surface area contributed by atoms with E-state index in [1.807, 2.05) is 83.1 Å². The van der Waals surface area contributed by atoms with E-state index in [0.29, 0.717) is 48.4 Å². The highest BCUT2D eigenvalue weighted by Crippen LogP contribution is 2.51. The Morgan fingerprint density at radius 3 is 2.55 bits per heavy atom. The van der Waals surface area contributed by atoms with Crippen molar-refractivity contribution in [3.05, 3.63) is 81.5 Å². The molecule has 1 aliphatic rings. The highest BCUT2D eigenvalue weighted by molar-refractivity contribution is 5.81. The zero-order chi connectivity index (χ0) is 28.6. The van der Waals surface area contributed by atoms with E-state index in [1.54, 1.807) is 4.57 Å². The van der Waals surface area contributed by atoms with Crippen LogP contribution in [0.5, 0.6) is 0 Å². The van der Waals surface area contributed by atoms with Gasteiger partial charge in [-0.1, -0.05) is 30.3 Å². The van der Waals surface area contributed by atoms with Crippen molar-refractivity contribution in [3.8, 4) is 5.69 Å². The number of nitrogens with one attached hydrogen (secondary N) is 1. The first-order valence-corrected chi connectivity index (χ1v) is 13.7. The van der Waals surface area contributed by atoms with Gasteiger partial charge in [-0.15, -0.1) is 0 Å². The third-order valence-electron chi connectivity index (χ3n) is 7.08. The van der Waals surface area contributed by atoms with Gasteiger partial charge in [0.2, 0.25) is 5.95 Å². The second-order valence-corrected chi connectivity index (χ2v) is 11.4. The molecule has 2 aromatic carbocycles. The zero-order valence-electron chi connectivity index (χ0n) is 23.7. The minimum Gasteiger partial charge on any atom is -0.460 e. The zero-order valence-corrected chi connectivity index (χ0v) is 23.7. The molecular weight excluding hydrogens is 504 g/mol. The maximum atomic E-state index is 13.6. The molecule has 9 nitrogen and oxygen atoms in total. The van der Waals surface area contributed by atoms with E-state index in [9.17, 15) is 9.59 Å². The number of nitrogens with zero attached hydrogens (tertiary/aromatic N) is 4. The summed E-state index contributed by atoms with van der Waals surface area (Å²) < 4.78 is 7.31. The largest absolute Gasteiger partial charge is 0.460 e. The van der Waals surface area contributed by atoms with Gasteiger partial charge in [0.05, 0.1) is 22.5 Å². The number of hydrogen-bond donors (Lipinski definition) is 2. The van der Waals surface area contributed by atoms with Crippen LogP contribution in [0.25, 0.3) is 16.6 Å². The number of esters is 1. The van der Waals surface area contributed by atoms with Gasteiger partial charge in [0, 0.05) is 30.1 Å². The van der Waals surface area contributed by atoms with Gasteiger partial charge >= 0.3 is 5.97 Å². The van der Waals surface area contributed by atoms with Gasteiger partial charge in [0.25, 0.3) is 5.56 Å². The van der Waals surface area contributed by atoms with Crippen molar-refractivity contribution in [2.45, 2.75) is 65.4 Å². The molecule has 1 aliphatic carbocycles. The average molecular weight is 541 g/mol. The van der Waals surface area contributed by atoms with Crippen LogP contribution in [0, 0.1) is 19.8 Å². The first kappa shape index (κ1) is 27.3. The number of nitrogen functional groups attached to an aromatic ring is 1. The summed E-state index contributed by atoms with van der Waals surface area (Å²) in [5.74, 6) is 1.10. The lowest BCUT2D eigenvalue weighted by molar-refractivity contribution is -0.156. The summed E-state index contributed by atoms with van der Waals surface area (Å²) in [5.41, 5.74) is 9.44. The Hall–Kier alpha value is -4.27. The molecule has 3 N–H and O–H groups in total. The number of anilines is 2. The molecule has 2 unspecified atom stereocenters. The normalized spacial score (nSPS) is 16.6. The average Bonchev–Trinajstić information content (AvgIpc) is 3.66. The van der Waals surface area contributed by atoms with E-state index >= 15 is 0 Å². The van der Waals surface area contributed by atoms with E-state index < -0.39 is 5.60 Å². The van der Waals surface area contributed by atoms with Gasteiger partial charge < -0.3 is 15.8 Å². The predicted molar refractivity (Wildman–Crippen MR) is 157 cm³/mol. The molecule has 0 amide bonds. The summed E-state index contributed by atoms with van der Waals surface area (Å²) in [4.78, 5) is 40.0. The summed E-state index contributed by atoms with van der Waals surface area (Å²) in [6, 6.07) is 15.4. The van der Waals surface area contributed by atoms with E-state index in [4.69, 9.17) is 15.5 Å². The van der Waals surface area contributed by atoms with E-state index in [0.717, 1.165) is 22.5 Å². The van der Waals surface area contributed by atoms with E-state index in [2.05, 4.69) is 15.3 Å². The number of ether oxygens (including phenoxy) is 1. The summed E-state index contributed by atoms with van der Waals surface area (Å²) in [6.45, 7) is 10.0. The molecular formula is C31H36N6O3. The van der Waals surface area contributed by atoms with Gasteiger partial charge in [-0.25, -0.2) is 9.97 Å². The summed E-state index contributed by atoms with van der Waals surface area (Å²) in [6.07, 6.45) is 1.96. The lowest BCUT2D eigenvalue weighted by Gasteiger charge is -2.20. The van der Waals surface area contributed by atoms with Crippen molar-refractivity contribution in [2.75, 3.05) is 17.6 Å². The van der Waals surface area contributed by atoms with Crippen molar-refractivity contribution in [1.82, 2.24) is 19.5 Å². The van der Waals surface area contributed by atoms with E-state index in [1.165, 1.54) is 0 Å². The third-order valence-corrected chi connectivity index (χ3v) is 7.08. The van der Waals surface area contributed by atoms with Gasteiger partial charge in [-0.2, -0.15) is 4.98 Å². The van der Waals surface area contributed by atoms with Crippen LogP contribution >= 0.6 is 0 Å². The molecule has 9 heteroatoms. The van der Waals surface area contributed by atoms with Crippen LogP contribution < -0.4 is 16.6 Å². The number of para-hydroxylation sites is 1. The first-order chi connectivity index (χ1) is 19.0. The molecule has 0 saturated heterocycles. The Labute approximate surface area is 233 Å². The fourth-order valence-corrected chi connectivity index (χ4v) is 5.24. The number of carbonyl (C=O) groups excluding carboxylic acids is 1. The molecule has 2 atom stereocenters. The van der Waals surface area contributed by atoms with Crippen LogP contribution in [-0.4, -0.2) is 37.6 Å². The van der Waals surface area contributed by atoms with Crippen LogP contribution in [0.3, 0.4) is 0 Å². The second-order valence-electron chi connectivity index (χ2n) is 11.4. The Morgan fingerprint density at radius 2 is 1.82 bits per heavy atom. The topological polar surface area (TPSA) is 125 Å². The SMILES string of the molecule is Cc1nc(N)nc(NCCCc2nc3cccc(C)c3c(=O)n2-c2ccccc2)c1C1CC1C(=O)OC(C)(C)C. The number of fused-ring (bicyclic) bond motifs is 1. The standard InChI is InChI=1S/C31H36N6O3/c1-18-11-9-14-23-25(18)28(38)37(20-12-7-6-8-13-20)24(35-23)15-10-16-33-27-26(19(2)34-30(32)36-27)21-17-22(21)29(39)40-31(3,4)5/h6-9,11-14,21-22H,10,15-17H2,1-5H3,(H3,32,33,34,36). The molecule has 1 saturated carbocycles. The van der Waals surface area contributed by atoms with Crippen LogP contribution in [0.15, 0.2) is 53.3 Å². The Balaban J connectivity index is 1.36. The number of aromatic nitrogens is 4. The first-order valence-electron chi connectivity index (χ1n) is 13.7. The lowest BCUT2D eigenvalue weighted by Crippen LogP contribution is -2.25. The molecule has 1 fully saturated rings. The van der Waals surface area contributed by atoms with Gasteiger partial charge in [-0.3, -0.25) is 14.2 Å². The summed E-state index contributed by atoms with van der Waals surface area (Å²) in [5, 5.41) is 4.05.